The second kappa shape index (κ2) is 21.9. The van der Waals surface area contributed by atoms with Crippen LogP contribution in [0.4, 0.5) is 40.2 Å². The van der Waals surface area contributed by atoms with Crippen molar-refractivity contribution in [3.8, 4) is 0 Å². The predicted molar refractivity (Wildman–Crippen MR) is 268 cm³/mol. The molecule has 68 heavy (non-hydrogen) atoms. The first-order valence-electron chi connectivity index (χ1n) is 23.3. The number of carbonyl (C=O) groups excluding carboxylic acids is 3. The van der Waals surface area contributed by atoms with Gasteiger partial charge >= 0.3 is 0 Å². The molecule has 7 rings (SSSR count). The van der Waals surface area contributed by atoms with Gasteiger partial charge in [0.1, 0.15) is 29.3 Å². The number of carbonyl (C=O) groups is 3. The lowest BCUT2D eigenvalue weighted by Gasteiger charge is -2.37. The average molecular weight is 922 g/mol. The van der Waals surface area contributed by atoms with Crippen molar-refractivity contribution >= 4 is 57.9 Å². The van der Waals surface area contributed by atoms with Crippen LogP contribution >= 0.6 is 0 Å². The summed E-state index contributed by atoms with van der Waals surface area (Å²) >= 11 is 0. The second-order valence-corrected chi connectivity index (χ2v) is 18.5. The highest BCUT2D eigenvalue weighted by molar-refractivity contribution is 6.07. The number of hydrogen-bond donors (Lipinski definition) is 4. The Morgan fingerprint density at radius 2 is 1.50 bits per heavy atom. The Bertz CT molecular complexity index is 2660. The first-order valence-corrected chi connectivity index (χ1v) is 23.3. The molecule has 6 aromatic rings. The summed E-state index contributed by atoms with van der Waals surface area (Å²) in [5, 5.41) is 16.3. The predicted octanol–water partition coefficient (Wildman–Crippen LogP) is 8.57. The van der Waals surface area contributed by atoms with Gasteiger partial charge in [-0.1, -0.05) is 65.8 Å². The Kier molecular flexibility index (Phi) is 15.6. The molecule has 356 valence electrons. The molecule has 0 bridgehead atoms. The van der Waals surface area contributed by atoms with Gasteiger partial charge in [-0.05, 0) is 79.1 Å². The first kappa shape index (κ1) is 48.5. The third-order valence-electron chi connectivity index (χ3n) is 12.0. The summed E-state index contributed by atoms with van der Waals surface area (Å²) in [6, 6.07) is 15.6. The Balaban J connectivity index is 1.01. The van der Waals surface area contributed by atoms with Crippen molar-refractivity contribution in [2.24, 2.45) is 5.41 Å². The lowest BCUT2D eigenvalue weighted by molar-refractivity contribution is -0.123. The number of pyridine rings is 1. The van der Waals surface area contributed by atoms with Crippen LogP contribution in [0.3, 0.4) is 0 Å². The molecular formula is C51H63N13O4. The number of nitrogens with zero attached hydrogens (tertiary/aromatic N) is 9. The Labute approximate surface area is 398 Å². The highest BCUT2D eigenvalue weighted by Crippen LogP contribution is 2.34. The smallest absolute Gasteiger partial charge is 0.260 e. The van der Waals surface area contributed by atoms with E-state index in [2.05, 4.69) is 108 Å². The van der Waals surface area contributed by atoms with Crippen molar-refractivity contribution in [3.63, 3.8) is 0 Å². The van der Waals surface area contributed by atoms with E-state index < -0.39 is 5.41 Å². The number of aryl methyl sites for hydroxylation is 1. The number of hydrogen-bond acceptors (Lipinski definition) is 14. The molecule has 2 aromatic carbocycles. The minimum absolute atomic E-state index is 0.0925. The zero-order chi connectivity index (χ0) is 48.4. The van der Waals surface area contributed by atoms with E-state index in [0.29, 0.717) is 78.3 Å². The van der Waals surface area contributed by atoms with Crippen LogP contribution in [0.15, 0.2) is 96.5 Å². The fourth-order valence-corrected chi connectivity index (χ4v) is 7.89. The summed E-state index contributed by atoms with van der Waals surface area (Å²) in [4.78, 5) is 69.0. The molecule has 0 radical (unpaired) electrons. The van der Waals surface area contributed by atoms with Gasteiger partial charge in [-0.25, -0.2) is 15.0 Å². The van der Waals surface area contributed by atoms with E-state index in [-0.39, 0.29) is 23.6 Å². The van der Waals surface area contributed by atoms with E-state index in [1.807, 2.05) is 45.3 Å². The average Bonchev–Trinajstić information content (AvgIpc) is 3.77. The minimum atomic E-state index is -0.605. The second-order valence-electron chi connectivity index (χ2n) is 18.5. The van der Waals surface area contributed by atoms with Gasteiger partial charge < -0.3 is 40.5 Å². The number of piperazine rings is 1. The van der Waals surface area contributed by atoms with E-state index in [0.717, 1.165) is 54.5 Å². The number of anilines is 7. The summed E-state index contributed by atoms with van der Waals surface area (Å²) in [6.07, 6.45) is 13.2. The van der Waals surface area contributed by atoms with E-state index in [9.17, 15) is 14.4 Å². The molecule has 1 atom stereocenters. The van der Waals surface area contributed by atoms with Crippen LogP contribution < -0.4 is 36.0 Å². The van der Waals surface area contributed by atoms with Gasteiger partial charge in [-0.15, -0.1) is 0 Å². The fraction of sp³-hybridized carbons (Fsp3) is 0.392. The van der Waals surface area contributed by atoms with Crippen LogP contribution in [0.1, 0.15) is 110 Å². The molecule has 0 aliphatic carbocycles. The van der Waals surface area contributed by atoms with Crippen molar-refractivity contribution in [2.75, 3.05) is 81.8 Å². The monoisotopic (exact) mass is 922 g/mol. The molecule has 17 heteroatoms. The van der Waals surface area contributed by atoms with Crippen LogP contribution in [0, 0.1) is 12.3 Å². The van der Waals surface area contributed by atoms with Crippen LogP contribution in [0.25, 0.3) is 0 Å². The summed E-state index contributed by atoms with van der Waals surface area (Å²) in [5.41, 5.74) is 7.14. The molecule has 0 spiro atoms. The van der Waals surface area contributed by atoms with Crippen LogP contribution in [0.5, 0.6) is 0 Å². The summed E-state index contributed by atoms with van der Waals surface area (Å²) in [7, 11) is 0. The molecular weight excluding hydrogens is 859 g/mol. The zero-order valence-corrected chi connectivity index (χ0v) is 40.3. The van der Waals surface area contributed by atoms with E-state index in [1.54, 1.807) is 37.6 Å². The van der Waals surface area contributed by atoms with Gasteiger partial charge in [-0.2, -0.15) is 0 Å². The molecule has 4 aromatic heterocycles. The Hall–Kier alpha value is -7.43. The quantitative estimate of drug-likeness (QED) is 0.0639. The molecule has 1 fully saturated rings. The molecule has 0 saturated carbocycles. The zero-order valence-electron chi connectivity index (χ0n) is 40.3. The summed E-state index contributed by atoms with van der Waals surface area (Å²) in [5.74, 6) is 1.47. The van der Waals surface area contributed by atoms with Crippen molar-refractivity contribution in [1.29, 1.82) is 0 Å². The Morgan fingerprint density at radius 1 is 0.765 bits per heavy atom. The van der Waals surface area contributed by atoms with Gasteiger partial charge in [0.15, 0.2) is 0 Å². The number of rotatable bonds is 18. The highest BCUT2D eigenvalue weighted by atomic mass is 16.5. The molecule has 1 aliphatic heterocycles. The third kappa shape index (κ3) is 12.3. The third-order valence-corrected chi connectivity index (χ3v) is 12.0. The minimum Gasteiger partial charge on any atom is -0.368 e. The van der Waals surface area contributed by atoms with Gasteiger partial charge in [0.2, 0.25) is 5.91 Å². The van der Waals surface area contributed by atoms with Crippen molar-refractivity contribution in [2.45, 2.75) is 80.1 Å². The van der Waals surface area contributed by atoms with Crippen LogP contribution in [0.2, 0.25) is 0 Å². The number of nitrogens with one attached hydrogen (secondary N) is 4. The molecule has 1 unspecified atom stereocenters. The summed E-state index contributed by atoms with van der Waals surface area (Å²) in [6.45, 7) is 20.8. The SMILES string of the molecule is CCCN(CCNc1cnccn1)c1cc(C(C)Cc2cnc(N3CCN(c4cc(C(C)C)ccc4NC(=O)c4ccnc(NC(=O)C(C)(C)C)c4)CC3)cn2)ccc1NC(=O)c1conc1C. The fourth-order valence-electron chi connectivity index (χ4n) is 7.89. The van der Waals surface area contributed by atoms with Crippen LogP contribution in [-0.2, 0) is 11.2 Å². The number of aromatic nitrogens is 6. The summed E-state index contributed by atoms with van der Waals surface area (Å²) < 4.78 is 5.06. The van der Waals surface area contributed by atoms with Gasteiger partial charge in [0.05, 0.1) is 52.7 Å². The Morgan fingerprint density at radius 3 is 2.18 bits per heavy atom. The largest absolute Gasteiger partial charge is 0.368 e. The van der Waals surface area contributed by atoms with Crippen LogP contribution in [-0.4, -0.2) is 93.6 Å². The molecule has 1 saturated heterocycles. The standard InChI is InChI=1S/C51H63N13O4/c1-9-19-62(20-18-55-46-30-52-16-17-54-46)44-27-37(11-13-42(44)59-49(66)40-32-68-61-35(40)5)34(4)25-39-29-57-47(31-56-39)64-23-21-63(22-24-64)43-26-36(33(2)3)10-12-41(43)58-48(65)38-14-15-53-45(28-38)60-50(67)51(6,7)8/h10-17,26-34H,9,18-25H2,1-8H3,(H,54,55)(H,58,65)(H,59,66)(H,53,60,67). The number of benzene rings is 2. The highest BCUT2D eigenvalue weighted by Gasteiger charge is 2.25. The maximum atomic E-state index is 13.6. The number of amides is 3. The van der Waals surface area contributed by atoms with E-state index >= 15 is 0 Å². The van der Waals surface area contributed by atoms with Gasteiger partial charge in [0, 0.05) is 75.4 Å². The normalized spacial score (nSPS) is 13.2. The topological polar surface area (TPSA) is 200 Å². The van der Waals surface area contributed by atoms with Gasteiger partial charge in [-0.3, -0.25) is 24.4 Å². The van der Waals surface area contributed by atoms with E-state index in [1.165, 1.54) is 18.0 Å². The lowest BCUT2D eigenvalue weighted by Crippen LogP contribution is -2.47. The lowest BCUT2D eigenvalue weighted by atomic mass is 9.95. The maximum Gasteiger partial charge on any atom is 0.260 e. The molecule has 3 amide bonds. The van der Waals surface area contributed by atoms with Crippen molar-refractivity contribution in [3.05, 3.63) is 126 Å². The first-order chi connectivity index (χ1) is 32.7. The molecule has 4 N–H and O–H groups in total. The van der Waals surface area contributed by atoms with Crippen molar-refractivity contribution in [1.82, 2.24) is 30.1 Å². The molecule has 5 heterocycles. The van der Waals surface area contributed by atoms with E-state index in [4.69, 9.17) is 14.5 Å². The molecule has 17 nitrogen and oxygen atoms in total. The maximum absolute atomic E-state index is 13.6. The van der Waals surface area contributed by atoms with Crippen molar-refractivity contribution < 1.29 is 18.9 Å². The van der Waals surface area contributed by atoms with Gasteiger partial charge in [0.25, 0.3) is 11.8 Å². The molecule has 1 aliphatic rings.